The van der Waals surface area contributed by atoms with Crippen LogP contribution in [0.25, 0.3) is 0 Å². The van der Waals surface area contributed by atoms with Crippen molar-refractivity contribution < 1.29 is 4.79 Å². The highest BCUT2D eigenvalue weighted by atomic mass is 35.5. The zero-order valence-electron chi connectivity index (χ0n) is 10.7. The Labute approximate surface area is 127 Å². The van der Waals surface area contributed by atoms with Gasteiger partial charge < -0.3 is 4.90 Å². The molecule has 102 valence electrons. The Morgan fingerprint density at radius 1 is 1.00 bits per heavy atom. The number of alkyl halides is 1. The minimum absolute atomic E-state index is 0.0181. The van der Waals surface area contributed by atoms with Crippen molar-refractivity contribution in [2.24, 2.45) is 0 Å². The third-order valence-corrected chi connectivity index (χ3v) is 4.22. The number of likely N-dealkylation sites (tertiary alicyclic amines) is 1. The molecule has 0 aromatic heterocycles. The number of carbonyl (C=O) groups excluding carboxylic acids is 1. The van der Waals surface area contributed by atoms with E-state index < -0.39 is 5.38 Å². The molecule has 2 aromatic carbocycles. The largest absolute Gasteiger partial charge is 0.328 e. The summed E-state index contributed by atoms with van der Waals surface area (Å²) in [6.07, 6.45) is 0. The second kappa shape index (κ2) is 5.47. The van der Waals surface area contributed by atoms with Crippen molar-refractivity contribution in [2.45, 2.75) is 18.0 Å². The van der Waals surface area contributed by atoms with Crippen LogP contribution < -0.4 is 0 Å². The van der Waals surface area contributed by atoms with E-state index in [0.717, 1.165) is 11.1 Å². The Hall–Kier alpha value is -1.51. The van der Waals surface area contributed by atoms with E-state index in [1.165, 1.54) is 0 Å². The van der Waals surface area contributed by atoms with Crippen LogP contribution in [0.15, 0.2) is 54.6 Å². The second-order valence-corrected chi connectivity index (χ2v) is 5.76. The summed E-state index contributed by atoms with van der Waals surface area (Å²) in [7, 11) is 0. The molecule has 0 aliphatic carbocycles. The molecule has 0 saturated carbocycles. The summed E-state index contributed by atoms with van der Waals surface area (Å²) >= 11 is 12.1. The van der Waals surface area contributed by atoms with Crippen LogP contribution in [0.5, 0.6) is 0 Å². The zero-order chi connectivity index (χ0) is 14.1. The quantitative estimate of drug-likeness (QED) is 0.619. The van der Waals surface area contributed by atoms with Crippen molar-refractivity contribution >= 4 is 29.1 Å². The molecule has 1 fully saturated rings. The number of carbonyl (C=O) groups is 1. The van der Waals surface area contributed by atoms with Crippen LogP contribution in [0.3, 0.4) is 0 Å². The summed E-state index contributed by atoms with van der Waals surface area (Å²) in [5.41, 5.74) is 2.12. The standard InChI is InChI=1S/C16H13Cl2NO/c17-13-8-6-12(7-9-13)15-14(18)16(20)19(15)10-11-4-2-1-3-5-11/h1-9,14-15H,10H2/t14-,15-/m0/s1. The van der Waals surface area contributed by atoms with E-state index >= 15 is 0 Å². The maximum Gasteiger partial charge on any atom is 0.244 e. The van der Waals surface area contributed by atoms with E-state index in [4.69, 9.17) is 23.2 Å². The first-order valence-corrected chi connectivity index (χ1v) is 7.22. The molecule has 1 heterocycles. The Bertz CT molecular complexity index is 612. The molecule has 0 unspecified atom stereocenters. The number of nitrogens with zero attached hydrogens (tertiary/aromatic N) is 1. The van der Waals surface area contributed by atoms with Gasteiger partial charge in [0.25, 0.3) is 0 Å². The fourth-order valence-corrected chi connectivity index (χ4v) is 3.00. The van der Waals surface area contributed by atoms with E-state index in [-0.39, 0.29) is 11.9 Å². The van der Waals surface area contributed by atoms with Gasteiger partial charge in [-0.2, -0.15) is 0 Å². The molecule has 2 aromatic rings. The summed E-state index contributed by atoms with van der Waals surface area (Å²) in [5, 5.41) is 0.194. The normalized spacial score (nSPS) is 21.7. The molecule has 0 N–H and O–H groups in total. The number of hydrogen-bond donors (Lipinski definition) is 0. The van der Waals surface area contributed by atoms with Crippen molar-refractivity contribution in [2.75, 3.05) is 0 Å². The summed E-state index contributed by atoms with van der Waals surface area (Å²) in [4.78, 5) is 13.8. The Balaban J connectivity index is 1.82. The summed E-state index contributed by atoms with van der Waals surface area (Å²) in [6, 6.07) is 17.3. The molecule has 0 spiro atoms. The minimum Gasteiger partial charge on any atom is -0.328 e. The third kappa shape index (κ3) is 2.41. The first kappa shape index (κ1) is 13.5. The summed E-state index contributed by atoms with van der Waals surface area (Å²) < 4.78 is 0. The number of amides is 1. The van der Waals surface area contributed by atoms with Crippen LogP contribution in [0.2, 0.25) is 5.02 Å². The van der Waals surface area contributed by atoms with Crippen molar-refractivity contribution in [1.82, 2.24) is 4.90 Å². The van der Waals surface area contributed by atoms with Crippen molar-refractivity contribution in [3.63, 3.8) is 0 Å². The minimum atomic E-state index is -0.486. The molecule has 1 amide bonds. The monoisotopic (exact) mass is 305 g/mol. The van der Waals surface area contributed by atoms with Gasteiger partial charge >= 0.3 is 0 Å². The first-order chi connectivity index (χ1) is 9.66. The lowest BCUT2D eigenvalue weighted by Gasteiger charge is -2.44. The Kier molecular flexibility index (Phi) is 3.68. The Morgan fingerprint density at radius 2 is 1.65 bits per heavy atom. The lowest BCUT2D eigenvalue weighted by molar-refractivity contribution is -0.146. The second-order valence-electron chi connectivity index (χ2n) is 4.85. The molecule has 4 heteroatoms. The SMILES string of the molecule is O=C1[C@@H](Cl)[C@H](c2ccc(Cl)cc2)N1Cc1ccccc1. The molecule has 0 radical (unpaired) electrons. The van der Waals surface area contributed by atoms with Gasteiger partial charge in [-0.15, -0.1) is 11.6 Å². The van der Waals surface area contributed by atoms with Gasteiger partial charge in [0.15, 0.2) is 0 Å². The number of halogens is 2. The van der Waals surface area contributed by atoms with E-state index in [0.29, 0.717) is 11.6 Å². The van der Waals surface area contributed by atoms with E-state index in [2.05, 4.69) is 0 Å². The molecule has 0 bridgehead atoms. The molecule has 2 atom stereocenters. The van der Waals surface area contributed by atoms with Gasteiger partial charge in [-0.05, 0) is 23.3 Å². The predicted molar refractivity (Wildman–Crippen MR) is 80.8 cm³/mol. The number of rotatable bonds is 3. The van der Waals surface area contributed by atoms with Gasteiger partial charge in [-0.3, -0.25) is 4.79 Å². The van der Waals surface area contributed by atoms with Crippen LogP contribution in [-0.2, 0) is 11.3 Å². The number of β-lactam (4-membered cyclic amide) rings is 1. The zero-order valence-corrected chi connectivity index (χ0v) is 12.2. The molecule has 20 heavy (non-hydrogen) atoms. The molecule has 1 aliphatic rings. The van der Waals surface area contributed by atoms with Gasteiger partial charge in [0.2, 0.25) is 5.91 Å². The fraction of sp³-hybridized carbons (Fsp3) is 0.188. The average Bonchev–Trinajstić information content (AvgIpc) is 2.49. The molecular formula is C16H13Cl2NO. The third-order valence-electron chi connectivity index (χ3n) is 3.54. The number of benzene rings is 2. The van der Waals surface area contributed by atoms with Gasteiger partial charge in [-0.25, -0.2) is 0 Å². The topological polar surface area (TPSA) is 20.3 Å². The smallest absolute Gasteiger partial charge is 0.244 e. The van der Waals surface area contributed by atoms with Gasteiger partial charge in [0, 0.05) is 11.6 Å². The maximum absolute atomic E-state index is 12.0. The van der Waals surface area contributed by atoms with E-state index in [1.54, 1.807) is 4.90 Å². The molecule has 3 rings (SSSR count). The van der Waals surface area contributed by atoms with Crippen LogP contribution in [0.4, 0.5) is 0 Å². The van der Waals surface area contributed by atoms with Gasteiger partial charge in [0.05, 0.1) is 6.04 Å². The van der Waals surface area contributed by atoms with Crippen molar-refractivity contribution in [3.8, 4) is 0 Å². The lowest BCUT2D eigenvalue weighted by atomic mass is 9.92. The van der Waals surface area contributed by atoms with Gasteiger partial charge in [0.1, 0.15) is 5.38 Å². The summed E-state index contributed by atoms with van der Waals surface area (Å²) in [5.74, 6) is -0.0181. The highest BCUT2D eigenvalue weighted by Gasteiger charge is 2.46. The highest BCUT2D eigenvalue weighted by molar-refractivity contribution is 6.33. The van der Waals surface area contributed by atoms with Gasteiger partial charge in [-0.1, -0.05) is 54.1 Å². The Morgan fingerprint density at radius 3 is 2.30 bits per heavy atom. The van der Waals surface area contributed by atoms with E-state index in [9.17, 15) is 4.79 Å². The molecule has 1 aliphatic heterocycles. The molecule has 2 nitrogen and oxygen atoms in total. The molecular weight excluding hydrogens is 293 g/mol. The summed E-state index contributed by atoms with van der Waals surface area (Å²) in [6.45, 7) is 0.580. The predicted octanol–water partition coefficient (Wildman–Crippen LogP) is 4.03. The van der Waals surface area contributed by atoms with Crippen LogP contribution in [-0.4, -0.2) is 16.2 Å². The van der Waals surface area contributed by atoms with E-state index in [1.807, 2.05) is 54.6 Å². The maximum atomic E-state index is 12.0. The molecule has 1 saturated heterocycles. The average molecular weight is 306 g/mol. The fourth-order valence-electron chi connectivity index (χ4n) is 2.47. The van der Waals surface area contributed by atoms with Crippen LogP contribution in [0, 0.1) is 0 Å². The van der Waals surface area contributed by atoms with Crippen LogP contribution >= 0.6 is 23.2 Å². The highest BCUT2D eigenvalue weighted by Crippen LogP contribution is 2.39. The lowest BCUT2D eigenvalue weighted by Crippen LogP contribution is -2.55. The first-order valence-electron chi connectivity index (χ1n) is 6.41. The van der Waals surface area contributed by atoms with Crippen LogP contribution in [0.1, 0.15) is 17.2 Å². The van der Waals surface area contributed by atoms with Crippen molar-refractivity contribution in [1.29, 1.82) is 0 Å². The number of hydrogen-bond acceptors (Lipinski definition) is 1. The van der Waals surface area contributed by atoms with Crippen molar-refractivity contribution in [3.05, 3.63) is 70.7 Å².